The van der Waals surface area contributed by atoms with Gasteiger partial charge in [0.2, 0.25) is 12.6 Å². The molecule has 16 nitrogen and oxygen atoms in total. The van der Waals surface area contributed by atoms with Crippen molar-refractivity contribution in [2.45, 2.75) is 55.3 Å². The fourth-order valence-corrected chi connectivity index (χ4v) is 4.60. The number of rotatable bonds is 6. The number of ether oxygens (including phenoxy) is 4. The second kappa shape index (κ2) is 11.5. The number of aliphatic hydroxyl groups is 7. The first-order chi connectivity index (χ1) is 19.9. The fraction of sp³-hybridized carbons (Fsp3) is 0.423. The van der Waals surface area contributed by atoms with E-state index in [1.807, 2.05) is 0 Å². The molecule has 2 saturated heterocycles. The third kappa shape index (κ3) is 5.42. The summed E-state index contributed by atoms with van der Waals surface area (Å²) in [4.78, 5) is 13.0. The zero-order valence-corrected chi connectivity index (χ0v) is 21.4. The van der Waals surface area contributed by atoms with Gasteiger partial charge in [0.15, 0.2) is 16.9 Å². The molecule has 0 aliphatic carbocycles. The third-order valence-electron chi connectivity index (χ3n) is 6.92. The van der Waals surface area contributed by atoms with Crippen molar-refractivity contribution in [2.75, 3.05) is 13.2 Å². The van der Waals surface area contributed by atoms with Gasteiger partial charge < -0.3 is 74.4 Å². The van der Waals surface area contributed by atoms with Crippen molar-refractivity contribution in [1.29, 1.82) is 0 Å². The smallest absolute Gasteiger partial charge is 0.229 e. The topological polar surface area (TPSA) is 269 Å². The molecular formula is C26H28O16. The van der Waals surface area contributed by atoms with Crippen LogP contribution in [0.25, 0.3) is 22.3 Å². The van der Waals surface area contributed by atoms with Gasteiger partial charge in [-0.2, -0.15) is 0 Å². The van der Waals surface area contributed by atoms with Crippen LogP contribution in [0.4, 0.5) is 0 Å². The van der Waals surface area contributed by atoms with Gasteiger partial charge in [0.1, 0.15) is 76.7 Å². The highest BCUT2D eigenvalue weighted by molar-refractivity contribution is 5.86. The van der Waals surface area contributed by atoms with Crippen LogP contribution < -0.4 is 14.9 Å². The quantitative estimate of drug-likeness (QED) is 0.133. The Morgan fingerprint density at radius 3 is 2.17 bits per heavy atom. The summed E-state index contributed by atoms with van der Waals surface area (Å²) in [5.41, 5.74) is -1.18. The van der Waals surface area contributed by atoms with Crippen LogP contribution in [0.15, 0.2) is 39.5 Å². The maximum atomic E-state index is 13.0. The minimum atomic E-state index is -1.77. The Morgan fingerprint density at radius 2 is 1.45 bits per heavy atom. The maximum absolute atomic E-state index is 13.0. The van der Waals surface area contributed by atoms with Gasteiger partial charge in [-0.15, -0.1) is 0 Å². The van der Waals surface area contributed by atoms with Crippen LogP contribution in [-0.4, -0.2) is 120 Å². The van der Waals surface area contributed by atoms with Gasteiger partial charge in [-0.3, -0.25) is 4.79 Å². The van der Waals surface area contributed by atoms with Crippen LogP contribution in [-0.2, 0) is 9.47 Å². The number of phenolic OH excluding ortho intramolecular Hbond substituents is 3. The van der Waals surface area contributed by atoms with Crippen molar-refractivity contribution in [3.63, 3.8) is 0 Å². The number of aromatic hydroxyl groups is 3. The van der Waals surface area contributed by atoms with Crippen LogP contribution >= 0.6 is 0 Å². The van der Waals surface area contributed by atoms with Crippen LogP contribution in [0.2, 0.25) is 0 Å². The first kappa shape index (κ1) is 29.8. The van der Waals surface area contributed by atoms with E-state index in [4.69, 9.17) is 23.4 Å². The van der Waals surface area contributed by atoms with E-state index in [1.54, 1.807) is 0 Å². The SMILES string of the molecule is O=c1cc(-c2cc(O)c(O)cc2O[C@H]2OC[C@H](O)[C@@H](O)[C@@H]2O)oc2cc(O[C@@H]3O[C@H](CO)[C@@H](O)[C@H](O)[C@H]3O)cc(O)c12. The number of hydrogen-bond acceptors (Lipinski definition) is 16. The molecule has 0 unspecified atom stereocenters. The van der Waals surface area contributed by atoms with Gasteiger partial charge in [-0.05, 0) is 6.07 Å². The number of fused-ring (bicyclic) bond motifs is 1. The predicted molar refractivity (Wildman–Crippen MR) is 136 cm³/mol. The summed E-state index contributed by atoms with van der Waals surface area (Å²) < 4.78 is 27.4. The van der Waals surface area contributed by atoms with Gasteiger partial charge in [0, 0.05) is 24.3 Å². The second-order valence-corrected chi connectivity index (χ2v) is 9.81. The Hall–Kier alpha value is -3.71. The lowest BCUT2D eigenvalue weighted by Gasteiger charge is -2.39. The molecule has 9 atom stereocenters. The van der Waals surface area contributed by atoms with E-state index in [2.05, 4.69) is 0 Å². The minimum Gasteiger partial charge on any atom is -0.507 e. The summed E-state index contributed by atoms with van der Waals surface area (Å²) in [5.74, 6) is -2.69. The summed E-state index contributed by atoms with van der Waals surface area (Å²) in [5, 5.41) is 100. The Balaban J connectivity index is 1.52. The Kier molecular flexibility index (Phi) is 8.17. The molecule has 1 aromatic heterocycles. The Morgan fingerprint density at radius 1 is 0.762 bits per heavy atom. The molecule has 0 bridgehead atoms. The number of benzene rings is 2. The normalized spacial score (nSPS) is 31.6. The number of hydrogen-bond donors (Lipinski definition) is 10. The highest BCUT2D eigenvalue weighted by atomic mass is 16.7. The van der Waals surface area contributed by atoms with Crippen molar-refractivity contribution in [3.8, 4) is 40.1 Å². The van der Waals surface area contributed by atoms with E-state index in [-0.39, 0.29) is 33.8 Å². The first-order valence-corrected chi connectivity index (χ1v) is 12.6. The third-order valence-corrected chi connectivity index (χ3v) is 6.92. The van der Waals surface area contributed by atoms with E-state index in [1.165, 1.54) is 0 Å². The summed E-state index contributed by atoms with van der Waals surface area (Å²) in [6.07, 6.45) is -14.3. The molecule has 228 valence electrons. The Bertz CT molecular complexity index is 1500. The molecular weight excluding hydrogens is 568 g/mol. The number of phenols is 3. The molecule has 0 saturated carbocycles. The molecule has 0 spiro atoms. The largest absolute Gasteiger partial charge is 0.507 e. The highest BCUT2D eigenvalue weighted by Gasteiger charge is 2.45. The first-order valence-electron chi connectivity index (χ1n) is 12.6. The van der Waals surface area contributed by atoms with Crippen LogP contribution in [0.3, 0.4) is 0 Å². The molecule has 10 N–H and O–H groups in total. The second-order valence-electron chi connectivity index (χ2n) is 9.81. The highest BCUT2D eigenvalue weighted by Crippen LogP contribution is 2.41. The van der Waals surface area contributed by atoms with Crippen molar-refractivity contribution in [2.24, 2.45) is 0 Å². The molecule has 2 aliphatic heterocycles. The molecule has 3 heterocycles. The summed E-state index contributed by atoms with van der Waals surface area (Å²) in [6, 6.07) is 4.98. The van der Waals surface area contributed by atoms with Crippen LogP contribution in [0.5, 0.6) is 28.7 Å². The van der Waals surface area contributed by atoms with E-state index >= 15 is 0 Å². The molecule has 0 amide bonds. The van der Waals surface area contributed by atoms with Gasteiger partial charge in [0.05, 0.1) is 18.8 Å². The van der Waals surface area contributed by atoms with Crippen LogP contribution in [0.1, 0.15) is 0 Å². The van der Waals surface area contributed by atoms with E-state index in [9.17, 15) is 55.9 Å². The average molecular weight is 596 g/mol. The fourth-order valence-electron chi connectivity index (χ4n) is 4.60. The summed E-state index contributed by atoms with van der Waals surface area (Å²) in [7, 11) is 0. The van der Waals surface area contributed by atoms with Crippen molar-refractivity contribution < 1.29 is 74.4 Å². The van der Waals surface area contributed by atoms with E-state index in [0.717, 1.165) is 30.3 Å². The lowest BCUT2D eigenvalue weighted by atomic mass is 9.99. The van der Waals surface area contributed by atoms with Gasteiger partial charge in [-0.1, -0.05) is 0 Å². The number of aliphatic hydroxyl groups excluding tert-OH is 7. The van der Waals surface area contributed by atoms with Gasteiger partial charge >= 0.3 is 0 Å². The standard InChI is InChI=1S/C26H28O16/c27-6-18-21(34)22(35)24(37)26(42-18)39-8-1-12(30)19-13(31)5-15(40-17(19)2-8)9-3-10(28)11(29)4-16(9)41-25-23(36)20(33)14(32)7-38-25/h1-5,14,18,20-30,32-37H,6-7H2/t14-,18+,20+,21+,22-,23-,24+,25+,26+/m0/s1. The summed E-state index contributed by atoms with van der Waals surface area (Å²) in [6.45, 7) is -1.11. The Labute approximate surface area is 235 Å². The van der Waals surface area contributed by atoms with E-state index < -0.39 is 91.2 Å². The zero-order valence-electron chi connectivity index (χ0n) is 21.4. The molecule has 2 fully saturated rings. The maximum Gasteiger partial charge on any atom is 0.229 e. The molecule has 2 aromatic carbocycles. The zero-order chi connectivity index (χ0) is 30.5. The molecule has 3 aromatic rings. The molecule has 2 aliphatic rings. The van der Waals surface area contributed by atoms with Crippen molar-refractivity contribution in [3.05, 3.63) is 40.6 Å². The predicted octanol–water partition coefficient (Wildman–Crippen LogP) is -2.43. The van der Waals surface area contributed by atoms with Gasteiger partial charge in [-0.25, -0.2) is 0 Å². The van der Waals surface area contributed by atoms with E-state index in [0.29, 0.717) is 0 Å². The molecule has 0 radical (unpaired) electrons. The average Bonchev–Trinajstić information content (AvgIpc) is 2.94. The van der Waals surface area contributed by atoms with Crippen molar-refractivity contribution >= 4 is 11.0 Å². The summed E-state index contributed by atoms with van der Waals surface area (Å²) >= 11 is 0. The lowest BCUT2D eigenvalue weighted by molar-refractivity contribution is -0.277. The lowest BCUT2D eigenvalue weighted by Crippen LogP contribution is -2.60. The van der Waals surface area contributed by atoms with Crippen molar-refractivity contribution in [1.82, 2.24) is 0 Å². The minimum absolute atomic E-state index is 0.138. The van der Waals surface area contributed by atoms with Gasteiger partial charge in [0.25, 0.3) is 0 Å². The molecule has 5 rings (SSSR count). The van der Waals surface area contributed by atoms with Crippen LogP contribution in [0, 0.1) is 0 Å². The molecule has 42 heavy (non-hydrogen) atoms. The molecule has 16 heteroatoms. The monoisotopic (exact) mass is 596 g/mol.